The highest BCUT2D eigenvalue weighted by Gasteiger charge is 2.37. The molecule has 1 aliphatic heterocycles. The first kappa shape index (κ1) is 16.5. The van der Waals surface area contributed by atoms with Gasteiger partial charge in [0.05, 0.1) is 33.1 Å². The molecule has 0 spiro atoms. The molecule has 3 nitrogen and oxygen atoms in total. The fraction of sp³-hybridized carbons (Fsp3) is 0.278. The van der Waals surface area contributed by atoms with Crippen molar-refractivity contribution in [3.8, 4) is 0 Å². The van der Waals surface area contributed by atoms with Crippen molar-refractivity contribution < 1.29 is 22.1 Å². The monoisotopic (exact) mass is 316 g/mol. The van der Waals surface area contributed by atoms with Crippen molar-refractivity contribution in [2.45, 2.75) is 5.92 Å². The molecule has 0 bridgehead atoms. The Hall–Kier alpha value is -1.84. The van der Waals surface area contributed by atoms with Crippen LogP contribution in [-0.2, 0) is 4.79 Å². The number of likely N-dealkylation sites (N-methyl/N-ethyl adjacent to an activating group) is 1. The van der Waals surface area contributed by atoms with E-state index in [1.807, 2.05) is 47.4 Å². The molecule has 2 aromatic carbocycles. The third kappa shape index (κ3) is 3.01. The molecule has 4 heteroatoms. The maximum absolute atomic E-state index is 12.9. The Bertz CT molecular complexity index is 643. The molecule has 0 saturated carbocycles. The number of rotatable bonds is 4. The topological polar surface area (TPSA) is 24.8 Å². The van der Waals surface area contributed by atoms with Gasteiger partial charge in [0.25, 0.3) is 0 Å². The second-order valence-electron chi connectivity index (χ2n) is 5.85. The van der Waals surface area contributed by atoms with Gasteiger partial charge in [0, 0.05) is 5.69 Å². The van der Waals surface area contributed by atoms with E-state index in [4.69, 9.17) is 0 Å². The molecule has 0 fully saturated rings. The fourth-order valence-corrected chi connectivity index (χ4v) is 2.92. The van der Waals surface area contributed by atoms with E-state index in [0.29, 0.717) is 0 Å². The average Bonchev–Trinajstić information content (AvgIpc) is 2.78. The molecule has 1 unspecified atom stereocenters. The summed E-state index contributed by atoms with van der Waals surface area (Å²) in [6.07, 6.45) is 0. The predicted molar refractivity (Wildman–Crippen MR) is 84.8 cm³/mol. The standard InChI is InChI=1S/C18H20N2O.ClH/c1-19(2)12-13-20-16-11-7-6-10-15(16)17(18(20)21)14-8-4-3-5-9-14;/h3-11,17H,12-13H2,1-2H3;1H. The highest BCUT2D eigenvalue weighted by Crippen LogP contribution is 2.40. The minimum absolute atomic E-state index is 0. The molecule has 0 aromatic heterocycles. The van der Waals surface area contributed by atoms with Gasteiger partial charge < -0.3 is 22.2 Å². The number of carbonyl (C=O) groups excluding carboxylic acids is 1. The van der Waals surface area contributed by atoms with Crippen LogP contribution in [0, 0.1) is 0 Å². The minimum atomic E-state index is -0.153. The van der Waals surface area contributed by atoms with Gasteiger partial charge in [-0.25, -0.2) is 0 Å². The van der Waals surface area contributed by atoms with Gasteiger partial charge in [-0.05, 0) is 17.2 Å². The van der Waals surface area contributed by atoms with Crippen molar-refractivity contribution in [2.75, 3.05) is 32.1 Å². The van der Waals surface area contributed by atoms with E-state index in [2.05, 4.69) is 26.2 Å². The molecule has 1 atom stereocenters. The van der Waals surface area contributed by atoms with E-state index in [-0.39, 0.29) is 24.2 Å². The Labute approximate surface area is 138 Å². The molecular formula is C18H21ClN2O. The van der Waals surface area contributed by atoms with Crippen LogP contribution in [0.15, 0.2) is 54.6 Å². The Morgan fingerprint density at radius 3 is 2.32 bits per heavy atom. The molecule has 1 aliphatic rings. The fourth-order valence-electron chi connectivity index (χ4n) is 2.92. The summed E-state index contributed by atoms with van der Waals surface area (Å²) in [5.41, 5.74) is 3.27. The normalized spacial score (nSPS) is 16.6. The van der Waals surface area contributed by atoms with Gasteiger partial charge in [0.1, 0.15) is 0 Å². The summed E-state index contributed by atoms with van der Waals surface area (Å²) in [4.78, 5) is 16.2. The quantitative estimate of drug-likeness (QED) is 0.716. The van der Waals surface area contributed by atoms with E-state index in [9.17, 15) is 4.79 Å². The number of nitrogens with one attached hydrogen (secondary N) is 1. The van der Waals surface area contributed by atoms with Crippen molar-refractivity contribution in [1.82, 2.24) is 0 Å². The van der Waals surface area contributed by atoms with Gasteiger partial charge in [0.15, 0.2) is 0 Å². The van der Waals surface area contributed by atoms with E-state index < -0.39 is 0 Å². The van der Waals surface area contributed by atoms with Crippen LogP contribution < -0.4 is 22.2 Å². The molecule has 2 aromatic rings. The second kappa shape index (κ2) is 6.95. The van der Waals surface area contributed by atoms with Crippen molar-refractivity contribution in [3.05, 3.63) is 65.7 Å². The van der Waals surface area contributed by atoms with Gasteiger partial charge in [-0.3, -0.25) is 4.79 Å². The maximum Gasteiger partial charge on any atom is 0.239 e. The molecule has 0 radical (unpaired) electrons. The van der Waals surface area contributed by atoms with Gasteiger partial charge >= 0.3 is 0 Å². The zero-order valence-corrected chi connectivity index (χ0v) is 13.7. The lowest BCUT2D eigenvalue weighted by atomic mass is 9.93. The minimum Gasteiger partial charge on any atom is -1.00 e. The van der Waals surface area contributed by atoms with Crippen molar-refractivity contribution in [1.29, 1.82) is 0 Å². The van der Waals surface area contributed by atoms with Crippen molar-refractivity contribution in [3.63, 3.8) is 0 Å². The molecule has 116 valence electrons. The van der Waals surface area contributed by atoms with E-state index in [0.717, 1.165) is 29.9 Å². The number of para-hydroxylation sites is 1. The number of carbonyl (C=O) groups is 1. The highest BCUT2D eigenvalue weighted by molar-refractivity contribution is 6.06. The smallest absolute Gasteiger partial charge is 0.239 e. The summed E-state index contributed by atoms with van der Waals surface area (Å²) in [6.45, 7) is 1.71. The third-order valence-corrected chi connectivity index (χ3v) is 4.02. The summed E-state index contributed by atoms with van der Waals surface area (Å²) in [7, 11) is 4.22. The highest BCUT2D eigenvalue weighted by atomic mass is 35.5. The Kier molecular flexibility index (Phi) is 5.22. The van der Waals surface area contributed by atoms with Crippen LogP contribution in [0.25, 0.3) is 0 Å². The number of quaternary nitrogens is 1. The van der Waals surface area contributed by atoms with Crippen molar-refractivity contribution in [2.24, 2.45) is 0 Å². The number of amides is 1. The molecule has 1 N–H and O–H groups in total. The lowest BCUT2D eigenvalue weighted by Gasteiger charge is -2.19. The number of fused-ring (bicyclic) bond motifs is 1. The first-order valence-corrected chi connectivity index (χ1v) is 7.43. The molecule has 0 saturated heterocycles. The summed E-state index contributed by atoms with van der Waals surface area (Å²) in [5, 5.41) is 0. The van der Waals surface area contributed by atoms with Crippen LogP contribution >= 0.6 is 0 Å². The summed E-state index contributed by atoms with van der Waals surface area (Å²) in [6, 6.07) is 18.2. The largest absolute Gasteiger partial charge is 1.00 e. The third-order valence-electron chi connectivity index (χ3n) is 4.02. The van der Waals surface area contributed by atoms with Gasteiger partial charge in [-0.1, -0.05) is 48.5 Å². The van der Waals surface area contributed by atoms with Gasteiger partial charge in [0.2, 0.25) is 5.91 Å². The molecule has 1 amide bonds. The molecule has 3 rings (SSSR count). The number of nitrogens with zero attached hydrogens (tertiary/aromatic N) is 1. The Balaban J connectivity index is 0.00000176. The summed E-state index contributed by atoms with van der Waals surface area (Å²) in [5.74, 6) is 0.0446. The summed E-state index contributed by atoms with van der Waals surface area (Å²) < 4.78 is 0. The van der Waals surface area contributed by atoms with Crippen LogP contribution in [0.4, 0.5) is 5.69 Å². The molecule has 22 heavy (non-hydrogen) atoms. The first-order chi connectivity index (χ1) is 10.2. The molecular weight excluding hydrogens is 296 g/mol. The second-order valence-corrected chi connectivity index (χ2v) is 5.85. The van der Waals surface area contributed by atoms with Crippen LogP contribution in [-0.4, -0.2) is 33.1 Å². The predicted octanol–water partition coefficient (Wildman–Crippen LogP) is -1.69. The lowest BCUT2D eigenvalue weighted by molar-refractivity contribution is -0.856. The zero-order valence-electron chi connectivity index (χ0n) is 12.9. The van der Waals surface area contributed by atoms with Gasteiger partial charge in [-0.15, -0.1) is 0 Å². The van der Waals surface area contributed by atoms with Crippen LogP contribution in [0.2, 0.25) is 0 Å². The summed E-state index contributed by atoms with van der Waals surface area (Å²) >= 11 is 0. The molecule has 1 heterocycles. The van der Waals surface area contributed by atoms with E-state index in [1.54, 1.807) is 0 Å². The number of halogens is 1. The number of hydrogen-bond donors (Lipinski definition) is 1. The maximum atomic E-state index is 12.9. The number of anilines is 1. The van der Waals surface area contributed by atoms with Gasteiger partial charge in [-0.2, -0.15) is 0 Å². The Morgan fingerprint density at radius 2 is 1.64 bits per heavy atom. The first-order valence-electron chi connectivity index (χ1n) is 7.43. The Morgan fingerprint density at radius 1 is 1.00 bits per heavy atom. The van der Waals surface area contributed by atoms with Crippen LogP contribution in [0.5, 0.6) is 0 Å². The molecule has 0 aliphatic carbocycles. The van der Waals surface area contributed by atoms with Crippen molar-refractivity contribution >= 4 is 11.6 Å². The van der Waals surface area contributed by atoms with Crippen LogP contribution in [0.3, 0.4) is 0 Å². The number of benzene rings is 2. The lowest BCUT2D eigenvalue weighted by Crippen LogP contribution is -3.06. The number of hydrogen-bond acceptors (Lipinski definition) is 1. The van der Waals surface area contributed by atoms with E-state index >= 15 is 0 Å². The SMILES string of the molecule is C[NH+](C)CCN1C(=O)C(c2ccccc2)c2ccccc21.[Cl-]. The van der Waals surface area contributed by atoms with E-state index in [1.165, 1.54) is 4.90 Å². The van der Waals surface area contributed by atoms with Crippen LogP contribution in [0.1, 0.15) is 17.0 Å². The average molecular weight is 317 g/mol. The zero-order chi connectivity index (χ0) is 14.8.